The van der Waals surface area contributed by atoms with Crippen LogP contribution in [-0.4, -0.2) is 9.97 Å². The molecule has 96 valence electrons. The van der Waals surface area contributed by atoms with Gasteiger partial charge in [0, 0.05) is 17.8 Å². The van der Waals surface area contributed by atoms with Crippen molar-refractivity contribution in [3.63, 3.8) is 0 Å². The number of nitrogens with zero attached hydrogens (tertiary/aromatic N) is 3. The van der Waals surface area contributed by atoms with E-state index >= 15 is 0 Å². The smallest absolute Gasteiger partial charge is 0.103 e. The van der Waals surface area contributed by atoms with Crippen molar-refractivity contribution < 1.29 is 0 Å². The molecule has 2 heterocycles. The second-order valence-corrected chi connectivity index (χ2v) is 4.44. The average Bonchev–Trinajstić information content (AvgIpc) is 2.50. The van der Waals surface area contributed by atoms with Gasteiger partial charge in [0.05, 0.1) is 28.1 Å². The zero-order valence-electron chi connectivity index (χ0n) is 11.0. The molecule has 0 aliphatic carbocycles. The van der Waals surface area contributed by atoms with Gasteiger partial charge in [-0.3, -0.25) is 9.97 Å². The summed E-state index contributed by atoms with van der Waals surface area (Å²) in [7, 11) is 0. The molecule has 3 rings (SSSR count). The zero-order chi connectivity index (χ0) is 13.9. The summed E-state index contributed by atoms with van der Waals surface area (Å²) in [6.07, 6.45) is 3.34. The average molecular weight is 260 g/mol. The van der Waals surface area contributed by atoms with Crippen LogP contribution in [0.3, 0.4) is 0 Å². The third-order valence-electron chi connectivity index (χ3n) is 3.16. The number of anilines is 2. The summed E-state index contributed by atoms with van der Waals surface area (Å²) in [6.45, 7) is 1.93. The summed E-state index contributed by atoms with van der Waals surface area (Å²) in [5.74, 6) is 0. The minimum absolute atomic E-state index is 0.520. The first-order valence-corrected chi connectivity index (χ1v) is 6.26. The maximum absolute atomic E-state index is 9.28. The summed E-state index contributed by atoms with van der Waals surface area (Å²) in [4.78, 5) is 8.55. The van der Waals surface area contributed by atoms with Gasteiger partial charge in [0.1, 0.15) is 6.07 Å². The van der Waals surface area contributed by atoms with Crippen LogP contribution in [-0.2, 0) is 0 Å². The van der Waals surface area contributed by atoms with Crippen molar-refractivity contribution in [3.8, 4) is 6.07 Å². The first kappa shape index (κ1) is 12.1. The van der Waals surface area contributed by atoms with Crippen molar-refractivity contribution in [1.29, 1.82) is 5.26 Å². The van der Waals surface area contributed by atoms with E-state index in [-0.39, 0.29) is 0 Å². The molecular formula is C16H12N4. The van der Waals surface area contributed by atoms with Crippen molar-refractivity contribution in [2.75, 3.05) is 5.32 Å². The molecule has 2 aromatic heterocycles. The molecule has 0 saturated heterocycles. The number of nitrogens with one attached hydrogen (secondary N) is 1. The number of hydrogen-bond donors (Lipinski definition) is 1. The van der Waals surface area contributed by atoms with Crippen LogP contribution >= 0.6 is 0 Å². The molecular weight excluding hydrogens is 248 g/mol. The highest BCUT2D eigenvalue weighted by Crippen LogP contribution is 2.29. The van der Waals surface area contributed by atoms with Gasteiger partial charge in [0.15, 0.2) is 0 Å². The topological polar surface area (TPSA) is 61.6 Å². The highest BCUT2D eigenvalue weighted by atomic mass is 14.9. The molecule has 0 saturated carbocycles. The lowest BCUT2D eigenvalue weighted by atomic mass is 10.1. The quantitative estimate of drug-likeness (QED) is 0.765. The van der Waals surface area contributed by atoms with Crippen LogP contribution in [0.15, 0.2) is 48.8 Å². The van der Waals surface area contributed by atoms with Gasteiger partial charge in [-0.1, -0.05) is 18.2 Å². The van der Waals surface area contributed by atoms with Crippen LogP contribution in [0, 0.1) is 18.3 Å². The molecule has 0 aliphatic heterocycles. The molecule has 0 fully saturated rings. The van der Waals surface area contributed by atoms with Crippen LogP contribution in [0.1, 0.15) is 11.3 Å². The number of fused-ring (bicyclic) bond motifs is 1. The molecule has 0 bridgehead atoms. The summed E-state index contributed by atoms with van der Waals surface area (Å²) in [5.41, 5.74) is 3.93. The Morgan fingerprint density at radius 3 is 2.75 bits per heavy atom. The first-order valence-electron chi connectivity index (χ1n) is 6.26. The molecule has 4 heteroatoms. The molecule has 0 atom stereocenters. The van der Waals surface area contributed by atoms with E-state index in [0.717, 1.165) is 28.0 Å². The molecule has 1 N–H and O–H groups in total. The minimum atomic E-state index is 0.520. The van der Waals surface area contributed by atoms with E-state index in [9.17, 15) is 5.26 Å². The monoisotopic (exact) mass is 260 g/mol. The number of nitriles is 1. The lowest BCUT2D eigenvalue weighted by Crippen LogP contribution is -1.99. The number of rotatable bonds is 2. The summed E-state index contributed by atoms with van der Waals surface area (Å²) in [6, 6.07) is 13.7. The van der Waals surface area contributed by atoms with E-state index in [1.807, 2.05) is 43.3 Å². The summed E-state index contributed by atoms with van der Waals surface area (Å²) < 4.78 is 0. The highest BCUT2D eigenvalue weighted by molar-refractivity contribution is 5.95. The van der Waals surface area contributed by atoms with Crippen LogP contribution in [0.5, 0.6) is 0 Å². The Morgan fingerprint density at radius 2 is 1.95 bits per heavy atom. The number of pyridine rings is 2. The Labute approximate surface area is 116 Å². The van der Waals surface area contributed by atoms with Crippen molar-refractivity contribution in [2.24, 2.45) is 0 Å². The molecule has 1 aromatic carbocycles. The van der Waals surface area contributed by atoms with Gasteiger partial charge in [-0.15, -0.1) is 0 Å². The Bertz CT molecular complexity index is 818. The maximum Gasteiger partial charge on any atom is 0.103 e. The Morgan fingerprint density at radius 1 is 1.10 bits per heavy atom. The Balaban J connectivity index is 2.20. The van der Waals surface area contributed by atoms with E-state index in [0.29, 0.717) is 5.56 Å². The minimum Gasteiger partial charge on any atom is -0.352 e. The Kier molecular flexibility index (Phi) is 3.02. The van der Waals surface area contributed by atoms with Gasteiger partial charge in [0.25, 0.3) is 0 Å². The number of para-hydroxylation sites is 1. The van der Waals surface area contributed by atoms with Gasteiger partial charge < -0.3 is 5.32 Å². The van der Waals surface area contributed by atoms with Crippen LogP contribution in [0.2, 0.25) is 0 Å². The predicted octanol–water partition coefficient (Wildman–Crippen LogP) is 3.55. The zero-order valence-corrected chi connectivity index (χ0v) is 11.0. The third kappa shape index (κ3) is 2.06. The van der Waals surface area contributed by atoms with Crippen molar-refractivity contribution in [3.05, 3.63) is 60.0 Å². The van der Waals surface area contributed by atoms with Crippen molar-refractivity contribution in [2.45, 2.75) is 6.92 Å². The second-order valence-electron chi connectivity index (χ2n) is 4.44. The normalized spacial score (nSPS) is 10.2. The molecule has 3 aromatic rings. The van der Waals surface area contributed by atoms with Gasteiger partial charge in [-0.05, 0) is 25.1 Å². The number of benzene rings is 1. The molecule has 4 nitrogen and oxygen atoms in total. The molecule has 0 amide bonds. The number of hydrogen-bond acceptors (Lipinski definition) is 4. The van der Waals surface area contributed by atoms with Gasteiger partial charge in [-0.25, -0.2) is 0 Å². The van der Waals surface area contributed by atoms with Gasteiger partial charge in [0.2, 0.25) is 0 Å². The van der Waals surface area contributed by atoms with Crippen LogP contribution in [0.25, 0.3) is 10.9 Å². The number of aryl methyl sites for hydroxylation is 1. The first-order chi connectivity index (χ1) is 9.79. The standard InChI is InChI=1S/C16H12N4/c1-11-14(7-4-8-18-11)20-16-12(9-17)10-19-15-6-3-2-5-13(15)16/h2-8,10H,1H3,(H,19,20). The van der Waals surface area contributed by atoms with Crippen molar-refractivity contribution in [1.82, 2.24) is 9.97 Å². The number of aromatic nitrogens is 2. The van der Waals surface area contributed by atoms with Crippen molar-refractivity contribution >= 4 is 22.3 Å². The fourth-order valence-corrected chi connectivity index (χ4v) is 2.11. The summed E-state index contributed by atoms with van der Waals surface area (Å²) in [5, 5.41) is 13.5. The van der Waals surface area contributed by atoms with E-state index in [4.69, 9.17) is 0 Å². The van der Waals surface area contributed by atoms with E-state index < -0.39 is 0 Å². The molecule has 0 spiro atoms. The molecule has 20 heavy (non-hydrogen) atoms. The Hall–Kier alpha value is -2.93. The van der Waals surface area contributed by atoms with Crippen LogP contribution < -0.4 is 5.32 Å². The third-order valence-corrected chi connectivity index (χ3v) is 3.16. The largest absolute Gasteiger partial charge is 0.352 e. The lowest BCUT2D eigenvalue weighted by Gasteiger charge is -2.12. The van der Waals surface area contributed by atoms with E-state index in [2.05, 4.69) is 21.4 Å². The SMILES string of the molecule is Cc1ncccc1Nc1c(C#N)cnc2ccccc12. The maximum atomic E-state index is 9.28. The van der Waals surface area contributed by atoms with E-state index in [1.165, 1.54) is 0 Å². The second kappa shape index (κ2) is 4.98. The van der Waals surface area contributed by atoms with E-state index in [1.54, 1.807) is 12.4 Å². The molecule has 0 aliphatic rings. The molecule has 0 radical (unpaired) electrons. The summed E-state index contributed by atoms with van der Waals surface area (Å²) >= 11 is 0. The van der Waals surface area contributed by atoms with Gasteiger partial charge in [-0.2, -0.15) is 5.26 Å². The van der Waals surface area contributed by atoms with Crippen LogP contribution in [0.4, 0.5) is 11.4 Å². The fourth-order valence-electron chi connectivity index (χ4n) is 2.11. The predicted molar refractivity (Wildman–Crippen MR) is 78.7 cm³/mol. The fraction of sp³-hybridized carbons (Fsp3) is 0.0625. The van der Waals surface area contributed by atoms with Gasteiger partial charge >= 0.3 is 0 Å². The highest BCUT2D eigenvalue weighted by Gasteiger charge is 2.09. The lowest BCUT2D eigenvalue weighted by molar-refractivity contribution is 1.20. The molecule has 0 unspecified atom stereocenters.